The second-order valence-corrected chi connectivity index (χ2v) is 5.82. The van der Waals surface area contributed by atoms with Gasteiger partial charge in [-0.1, -0.05) is 17.7 Å². The van der Waals surface area contributed by atoms with Gasteiger partial charge in [0.25, 0.3) is 0 Å². The van der Waals surface area contributed by atoms with Crippen molar-refractivity contribution >= 4 is 5.69 Å². The highest BCUT2D eigenvalue weighted by Gasteiger charge is 2.22. The molecule has 1 saturated heterocycles. The maximum Gasteiger partial charge on any atom is 0.0409 e. The molecule has 106 valence electrons. The first kappa shape index (κ1) is 14.4. The van der Waals surface area contributed by atoms with Crippen LogP contribution in [0.3, 0.4) is 0 Å². The summed E-state index contributed by atoms with van der Waals surface area (Å²) in [5.41, 5.74) is 4.09. The molecule has 1 atom stereocenters. The Morgan fingerprint density at radius 3 is 2.84 bits per heavy atom. The van der Waals surface area contributed by atoms with Gasteiger partial charge in [0.15, 0.2) is 0 Å². The zero-order chi connectivity index (χ0) is 13.8. The van der Waals surface area contributed by atoms with E-state index < -0.39 is 0 Å². The van der Waals surface area contributed by atoms with E-state index in [-0.39, 0.29) is 0 Å². The fourth-order valence-electron chi connectivity index (χ4n) is 3.04. The Balaban J connectivity index is 2.11. The lowest BCUT2D eigenvalue weighted by molar-refractivity contribution is 0.314. The van der Waals surface area contributed by atoms with Gasteiger partial charge in [-0.15, -0.1) is 0 Å². The van der Waals surface area contributed by atoms with Crippen molar-refractivity contribution in [3.63, 3.8) is 0 Å². The van der Waals surface area contributed by atoms with Gasteiger partial charge in [0, 0.05) is 31.9 Å². The minimum Gasteiger partial charge on any atom is -0.373 e. The van der Waals surface area contributed by atoms with Gasteiger partial charge in [0.2, 0.25) is 0 Å². The summed E-state index contributed by atoms with van der Waals surface area (Å²) >= 11 is 0. The Labute approximate surface area is 117 Å². The highest BCUT2D eigenvalue weighted by molar-refractivity contribution is 5.54. The van der Waals surface area contributed by atoms with Gasteiger partial charge in [0.05, 0.1) is 0 Å². The predicted molar refractivity (Wildman–Crippen MR) is 82.9 cm³/mol. The van der Waals surface area contributed by atoms with Gasteiger partial charge >= 0.3 is 0 Å². The summed E-state index contributed by atoms with van der Waals surface area (Å²) in [6.45, 7) is 5.46. The third kappa shape index (κ3) is 3.48. The molecule has 1 unspecified atom stereocenters. The van der Waals surface area contributed by atoms with Gasteiger partial charge in [-0.3, -0.25) is 0 Å². The van der Waals surface area contributed by atoms with Crippen molar-refractivity contribution < 1.29 is 0 Å². The summed E-state index contributed by atoms with van der Waals surface area (Å²) in [6.07, 6.45) is 2.67. The van der Waals surface area contributed by atoms with E-state index >= 15 is 0 Å². The predicted octanol–water partition coefficient (Wildman–Crippen LogP) is 2.24. The summed E-state index contributed by atoms with van der Waals surface area (Å²) < 4.78 is 0. The first-order valence-electron chi connectivity index (χ1n) is 7.27. The monoisotopic (exact) mass is 261 g/mol. The van der Waals surface area contributed by atoms with E-state index in [9.17, 15) is 0 Å². The third-order valence-electron chi connectivity index (χ3n) is 4.17. The maximum atomic E-state index is 3.27. The minimum absolute atomic E-state index is 0.703. The molecule has 1 aliphatic heterocycles. The summed E-state index contributed by atoms with van der Waals surface area (Å²) in [5.74, 6) is 0. The summed E-state index contributed by atoms with van der Waals surface area (Å²) in [5, 5.41) is 3.27. The molecule has 1 N–H and O–H groups in total. The first-order valence-corrected chi connectivity index (χ1v) is 7.27. The summed E-state index contributed by atoms with van der Waals surface area (Å²) in [6, 6.07) is 7.47. The van der Waals surface area contributed by atoms with E-state index in [1.54, 1.807) is 0 Å². The van der Waals surface area contributed by atoms with Crippen molar-refractivity contribution in [3.8, 4) is 0 Å². The maximum absolute atomic E-state index is 3.27. The van der Waals surface area contributed by atoms with Gasteiger partial charge in [0.1, 0.15) is 0 Å². The molecule has 1 heterocycles. The number of rotatable bonds is 5. The first-order chi connectivity index (χ1) is 9.11. The molecule has 2 rings (SSSR count). The van der Waals surface area contributed by atoms with Crippen LogP contribution in [0.15, 0.2) is 18.2 Å². The molecule has 0 radical (unpaired) electrons. The summed E-state index contributed by atoms with van der Waals surface area (Å²) in [7, 11) is 6.47. The topological polar surface area (TPSA) is 18.5 Å². The van der Waals surface area contributed by atoms with Crippen LogP contribution in [0, 0.1) is 6.92 Å². The quantitative estimate of drug-likeness (QED) is 0.877. The lowest BCUT2D eigenvalue weighted by Gasteiger charge is -2.29. The van der Waals surface area contributed by atoms with Crippen molar-refractivity contribution in [1.29, 1.82) is 0 Å². The molecular weight excluding hydrogens is 234 g/mol. The number of benzene rings is 1. The molecule has 0 aliphatic carbocycles. The number of likely N-dealkylation sites (N-methyl/N-ethyl adjacent to an activating group) is 2. The number of aryl methyl sites for hydroxylation is 1. The number of anilines is 1. The van der Waals surface area contributed by atoms with Gasteiger partial charge < -0.3 is 15.1 Å². The molecule has 1 aromatic carbocycles. The van der Waals surface area contributed by atoms with Crippen LogP contribution >= 0.6 is 0 Å². The molecule has 0 saturated carbocycles. The molecule has 3 nitrogen and oxygen atoms in total. The second kappa shape index (κ2) is 6.40. The van der Waals surface area contributed by atoms with Crippen molar-refractivity contribution in [2.45, 2.75) is 32.4 Å². The Morgan fingerprint density at radius 2 is 2.21 bits per heavy atom. The van der Waals surface area contributed by atoms with Gasteiger partial charge in [-0.25, -0.2) is 0 Å². The molecule has 0 bridgehead atoms. The van der Waals surface area contributed by atoms with Gasteiger partial charge in [-0.2, -0.15) is 0 Å². The second-order valence-electron chi connectivity index (χ2n) is 5.82. The van der Waals surface area contributed by atoms with Crippen LogP contribution < -0.4 is 10.2 Å². The summed E-state index contributed by atoms with van der Waals surface area (Å²) in [4.78, 5) is 4.90. The fourth-order valence-corrected chi connectivity index (χ4v) is 3.04. The number of hydrogen-bond acceptors (Lipinski definition) is 3. The number of likely N-dealkylation sites (tertiary alicyclic amines) is 1. The van der Waals surface area contributed by atoms with E-state index in [2.05, 4.69) is 54.3 Å². The van der Waals surface area contributed by atoms with Crippen LogP contribution in [0.4, 0.5) is 5.69 Å². The highest BCUT2D eigenvalue weighted by Crippen LogP contribution is 2.23. The number of hydrogen-bond donors (Lipinski definition) is 1. The van der Waals surface area contributed by atoms with Crippen molar-refractivity contribution in [1.82, 2.24) is 10.2 Å². The Morgan fingerprint density at radius 1 is 1.42 bits per heavy atom. The molecule has 1 fully saturated rings. The van der Waals surface area contributed by atoms with Crippen LogP contribution in [0.1, 0.15) is 24.0 Å². The normalized spacial score (nSPS) is 19.9. The van der Waals surface area contributed by atoms with Crippen LogP contribution in [0.25, 0.3) is 0 Å². The van der Waals surface area contributed by atoms with Crippen LogP contribution in [0.2, 0.25) is 0 Å². The standard InChI is InChI=1S/C16H27N3/c1-13-7-8-16(14(10-13)11-17-2)19(4)12-15-6-5-9-18(15)3/h7-8,10,15,17H,5-6,9,11-12H2,1-4H3. The van der Waals surface area contributed by atoms with Crippen LogP contribution in [-0.4, -0.2) is 45.2 Å². The van der Waals surface area contributed by atoms with Gasteiger partial charge in [-0.05, 0) is 52.0 Å². The smallest absolute Gasteiger partial charge is 0.0409 e. The molecule has 3 heteroatoms. The molecule has 19 heavy (non-hydrogen) atoms. The fraction of sp³-hybridized carbons (Fsp3) is 0.625. The average molecular weight is 261 g/mol. The van der Waals surface area contributed by atoms with Crippen LogP contribution in [-0.2, 0) is 6.54 Å². The Bertz CT molecular complexity index is 416. The molecule has 1 aromatic rings. The Hall–Kier alpha value is -1.06. The molecule has 0 spiro atoms. The minimum atomic E-state index is 0.703. The lowest BCUT2D eigenvalue weighted by Crippen LogP contribution is -2.37. The highest BCUT2D eigenvalue weighted by atomic mass is 15.2. The average Bonchev–Trinajstić information content (AvgIpc) is 2.75. The Kier molecular flexibility index (Phi) is 4.83. The molecule has 0 aromatic heterocycles. The SMILES string of the molecule is CNCc1cc(C)ccc1N(C)CC1CCCN1C. The van der Waals surface area contributed by atoms with Crippen molar-refractivity contribution in [3.05, 3.63) is 29.3 Å². The van der Waals surface area contributed by atoms with E-state index in [0.717, 1.165) is 13.1 Å². The zero-order valence-electron chi connectivity index (χ0n) is 12.7. The number of nitrogens with one attached hydrogen (secondary N) is 1. The van der Waals surface area contributed by atoms with Crippen LogP contribution in [0.5, 0.6) is 0 Å². The van der Waals surface area contributed by atoms with E-state index in [1.165, 1.54) is 36.2 Å². The third-order valence-corrected chi connectivity index (χ3v) is 4.17. The largest absolute Gasteiger partial charge is 0.373 e. The molecular formula is C16H27N3. The van der Waals surface area contributed by atoms with Crippen molar-refractivity contribution in [2.75, 3.05) is 39.1 Å². The lowest BCUT2D eigenvalue weighted by atomic mass is 10.1. The number of nitrogens with zero attached hydrogens (tertiary/aromatic N) is 2. The zero-order valence-corrected chi connectivity index (χ0v) is 12.7. The van der Waals surface area contributed by atoms with E-state index in [4.69, 9.17) is 0 Å². The molecule has 1 aliphatic rings. The van der Waals surface area contributed by atoms with Crippen molar-refractivity contribution in [2.24, 2.45) is 0 Å². The van der Waals surface area contributed by atoms with E-state index in [0.29, 0.717) is 6.04 Å². The van der Waals surface area contributed by atoms with E-state index in [1.807, 2.05) is 7.05 Å². The molecule has 0 amide bonds.